The SMILES string of the molecule is Cc1ccccc1N(C(=O)CNC(=O)c1cccs1)C(C(=O)NC1CCCC1)c1ccccc1. The molecule has 1 aliphatic rings. The zero-order chi connectivity index (χ0) is 23.9. The van der Waals surface area contributed by atoms with Gasteiger partial charge in [-0.1, -0.05) is 67.4 Å². The third-order valence-electron chi connectivity index (χ3n) is 6.11. The van der Waals surface area contributed by atoms with E-state index in [0.29, 0.717) is 10.6 Å². The molecule has 1 aliphatic carbocycles. The predicted molar refractivity (Wildman–Crippen MR) is 135 cm³/mol. The Hall–Kier alpha value is -3.45. The van der Waals surface area contributed by atoms with Gasteiger partial charge in [-0.3, -0.25) is 19.3 Å². The quantitative estimate of drug-likeness (QED) is 0.499. The summed E-state index contributed by atoms with van der Waals surface area (Å²) < 4.78 is 0. The number of nitrogens with one attached hydrogen (secondary N) is 2. The van der Waals surface area contributed by atoms with Gasteiger partial charge in [0.25, 0.3) is 5.91 Å². The Bertz CT molecular complexity index is 1130. The van der Waals surface area contributed by atoms with Crippen molar-refractivity contribution in [2.45, 2.75) is 44.7 Å². The molecule has 0 saturated heterocycles. The van der Waals surface area contributed by atoms with Crippen LogP contribution < -0.4 is 15.5 Å². The summed E-state index contributed by atoms with van der Waals surface area (Å²) in [6.45, 7) is 1.70. The Morgan fingerprint density at radius 3 is 2.35 bits per heavy atom. The van der Waals surface area contributed by atoms with Gasteiger partial charge in [-0.2, -0.15) is 0 Å². The number of nitrogens with zero attached hydrogens (tertiary/aromatic N) is 1. The fourth-order valence-electron chi connectivity index (χ4n) is 4.39. The molecule has 1 fully saturated rings. The number of hydrogen-bond acceptors (Lipinski definition) is 4. The van der Waals surface area contributed by atoms with Crippen LogP contribution in [0.2, 0.25) is 0 Å². The smallest absolute Gasteiger partial charge is 0.261 e. The van der Waals surface area contributed by atoms with Gasteiger partial charge < -0.3 is 10.6 Å². The molecule has 0 bridgehead atoms. The molecule has 6 nitrogen and oxygen atoms in total. The number of hydrogen-bond donors (Lipinski definition) is 2. The van der Waals surface area contributed by atoms with Crippen molar-refractivity contribution in [3.8, 4) is 0 Å². The number of benzene rings is 2. The van der Waals surface area contributed by atoms with Crippen LogP contribution in [-0.4, -0.2) is 30.3 Å². The van der Waals surface area contributed by atoms with Gasteiger partial charge in [-0.15, -0.1) is 11.3 Å². The molecule has 1 heterocycles. The van der Waals surface area contributed by atoms with Crippen LogP contribution in [-0.2, 0) is 9.59 Å². The normalized spacial score (nSPS) is 14.4. The van der Waals surface area contributed by atoms with Crippen molar-refractivity contribution in [3.05, 3.63) is 88.1 Å². The number of rotatable bonds is 8. The van der Waals surface area contributed by atoms with E-state index in [0.717, 1.165) is 36.8 Å². The lowest BCUT2D eigenvalue weighted by molar-refractivity contribution is -0.126. The molecule has 2 N–H and O–H groups in total. The van der Waals surface area contributed by atoms with Crippen LogP contribution in [0.25, 0.3) is 0 Å². The predicted octanol–water partition coefficient (Wildman–Crippen LogP) is 4.62. The largest absolute Gasteiger partial charge is 0.351 e. The highest BCUT2D eigenvalue weighted by Gasteiger charge is 2.34. The van der Waals surface area contributed by atoms with E-state index in [9.17, 15) is 14.4 Å². The van der Waals surface area contributed by atoms with Crippen molar-refractivity contribution in [1.82, 2.24) is 10.6 Å². The highest BCUT2D eigenvalue weighted by Crippen LogP contribution is 2.31. The molecule has 4 rings (SSSR count). The van der Waals surface area contributed by atoms with Gasteiger partial charge in [0.2, 0.25) is 11.8 Å². The van der Waals surface area contributed by atoms with Crippen molar-refractivity contribution < 1.29 is 14.4 Å². The third kappa shape index (κ3) is 5.54. The lowest BCUT2D eigenvalue weighted by Gasteiger charge is -2.33. The molecule has 1 atom stereocenters. The van der Waals surface area contributed by atoms with E-state index >= 15 is 0 Å². The first kappa shape index (κ1) is 23.7. The second-order valence-corrected chi connectivity index (χ2v) is 9.46. The number of para-hydroxylation sites is 1. The minimum absolute atomic E-state index is 0.117. The first-order chi connectivity index (χ1) is 16.5. The molecule has 176 valence electrons. The van der Waals surface area contributed by atoms with Crippen LogP contribution in [0.5, 0.6) is 0 Å². The minimum Gasteiger partial charge on any atom is -0.351 e. The number of amides is 3. The highest BCUT2D eigenvalue weighted by molar-refractivity contribution is 7.12. The van der Waals surface area contributed by atoms with Crippen molar-refractivity contribution >= 4 is 34.7 Å². The van der Waals surface area contributed by atoms with Crippen LogP contribution in [0, 0.1) is 6.92 Å². The van der Waals surface area contributed by atoms with Crippen LogP contribution in [0.3, 0.4) is 0 Å². The summed E-state index contributed by atoms with van der Waals surface area (Å²) in [4.78, 5) is 41.9. The molecule has 34 heavy (non-hydrogen) atoms. The standard InChI is InChI=1S/C27H29N3O3S/c1-19-10-5-8-15-22(19)30(24(31)18-28-26(32)23-16-9-17-34-23)25(20-11-3-2-4-12-20)27(33)29-21-13-6-7-14-21/h2-5,8-12,15-17,21,25H,6-7,13-14,18H2,1H3,(H,28,32)(H,29,33). The Kier molecular flexibility index (Phi) is 7.75. The molecule has 1 saturated carbocycles. The van der Waals surface area contributed by atoms with Crippen LogP contribution in [0.15, 0.2) is 72.1 Å². The molecule has 0 aliphatic heterocycles. The molecule has 0 radical (unpaired) electrons. The second-order valence-electron chi connectivity index (χ2n) is 8.51. The number of aryl methyl sites for hydroxylation is 1. The molecule has 3 amide bonds. The summed E-state index contributed by atoms with van der Waals surface area (Å²) in [6, 6.07) is 19.6. The van der Waals surface area contributed by atoms with Gasteiger partial charge >= 0.3 is 0 Å². The zero-order valence-electron chi connectivity index (χ0n) is 19.2. The first-order valence-corrected chi connectivity index (χ1v) is 12.5. The van der Waals surface area contributed by atoms with E-state index in [1.54, 1.807) is 12.1 Å². The summed E-state index contributed by atoms with van der Waals surface area (Å²) >= 11 is 1.31. The van der Waals surface area contributed by atoms with Crippen molar-refractivity contribution in [2.24, 2.45) is 0 Å². The Labute approximate surface area is 204 Å². The second kappa shape index (κ2) is 11.1. The minimum atomic E-state index is -0.853. The molecule has 1 aromatic heterocycles. The average molecular weight is 476 g/mol. The maximum atomic E-state index is 13.7. The first-order valence-electron chi connectivity index (χ1n) is 11.6. The van der Waals surface area contributed by atoms with Gasteiger partial charge in [-0.05, 0) is 48.4 Å². The summed E-state index contributed by atoms with van der Waals surface area (Å²) in [5.41, 5.74) is 2.24. The van der Waals surface area contributed by atoms with E-state index < -0.39 is 6.04 Å². The molecular formula is C27H29N3O3S. The maximum absolute atomic E-state index is 13.7. The molecule has 7 heteroatoms. The summed E-state index contributed by atoms with van der Waals surface area (Å²) in [7, 11) is 0. The Morgan fingerprint density at radius 1 is 0.971 bits per heavy atom. The Morgan fingerprint density at radius 2 is 1.68 bits per heavy atom. The summed E-state index contributed by atoms with van der Waals surface area (Å²) in [6.07, 6.45) is 4.08. The number of thiophene rings is 1. The van der Waals surface area contributed by atoms with Gasteiger partial charge in [0.1, 0.15) is 6.04 Å². The summed E-state index contributed by atoms with van der Waals surface area (Å²) in [5.74, 6) is -0.867. The number of carbonyl (C=O) groups is 3. The lowest BCUT2D eigenvalue weighted by atomic mass is 10.0. The zero-order valence-corrected chi connectivity index (χ0v) is 20.0. The Balaban J connectivity index is 1.67. The van der Waals surface area contributed by atoms with E-state index in [4.69, 9.17) is 0 Å². The maximum Gasteiger partial charge on any atom is 0.261 e. The topological polar surface area (TPSA) is 78.5 Å². The molecule has 1 unspecified atom stereocenters. The van der Waals surface area contributed by atoms with Crippen LogP contribution >= 0.6 is 11.3 Å². The highest BCUT2D eigenvalue weighted by atomic mass is 32.1. The van der Waals surface area contributed by atoms with Gasteiger partial charge in [0, 0.05) is 11.7 Å². The number of carbonyl (C=O) groups excluding carboxylic acids is 3. The third-order valence-corrected chi connectivity index (χ3v) is 6.98. The van der Waals surface area contributed by atoms with Crippen LogP contribution in [0.1, 0.15) is 52.5 Å². The van der Waals surface area contributed by atoms with Crippen LogP contribution in [0.4, 0.5) is 5.69 Å². The monoisotopic (exact) mass is 475 g/mol. The van der Waals surface area contributed by atoms with E-state index in [2.05, 4.69) is 10.6 Å². The fraction of sp³-hybridized carbons (Fsp3) is 0.296. The average Bonchev–Trinajstić information content (AvgIpc) is 3.56. The van der Waals surface area contributed by atoms with Gasteiger partial charge in [-0.25, -0.2) is 0 Å². The lowest BCUT2D eigenvalue weighted by Crippen LogP contribution is -2.49. The summed E-state index contributed by atoms with van der Waals surface area (Å²) in [5, 5.41) is 7.71. The molecule has 0 spiro atoms. The fourth-order valence-corrected chi connectivity index (χ4v) is 5.03. The van der Waals surface area contributed by atoms with Gasteiger partial charge in [0.15, 0.2) is 0 Å². The number of anilines is 1. The molecular weight excluding hydrogens is 446 g/mol. The van der Waals surface area contributed by atoms with Crippen molar-refractivity contribution in [3.63, 3.8) is 0 Å². The van der Waals surface area contributed by atoms with E-state index in [1.807, 2.05) is 66.9 Å². The molecule has 2 aromatic carbocycles. The van der Waals surface area contributed by atoms with E-state index in [-0.39, 0.29) is 30.3 Å². The van der Waals surface area contributed by atoms with Gasteiger partial charge in [0.05, 0.1) is 11.4 Å². The van der Waals surface area contributed by atoms with Crippen molar-refractivity contribution in [2.75, 3.05) is 11.4 Å². The van der Waals surface area contributed by atoms with E-state index in [1.165, 1.54) is 16.2 Å². The van der Waals surface area contributed by atoms with Crippen molar-refractivity contribution in [1.29, 1.82) is 0 Å². The molecule has 3 aromatic rings.